The summed E-state index contributed by atoms with van der Waals surface area (Å²) in [5.41, 5.74) is -0.765. The lowest BCUT2D eigenvalue weighted by atomic mass is 9.77. The van der Waals surface area contributed by atoms with E-state index in [0.29, 0.717) is 0 Å². The average Bonchev–Trinajstić information content (AvgIpc) is 2.21. The van der Waals surface area contributed by atoms with Gasteiger partial charge in [-0.3, -0.25) is 4.79 Å². The minimum Gasteiger partial charge on any atom is -0.481 e. The summed E-state index contributed by atoms with van der Waals surface area (Å²) >= 11 is 2.97. The fourth-order valence-corrected chi connectivity index (χ4v) is 2.10. The van der Waals surface area contributed by atoms with E-state index in [4.69, 9.17) is 5.11 Å². The van der Waals surface area contributed by atoms with Gasteiger partial charge in [-0.25, -0.2) is 8.78 Å². The molecular weight excluding hydrogens is 306 g/mol. The summed E-state index contributed by atoms with van der Waals surface area (Å²) in [6, 6.07) is 2.39. The number of halogens is 3. The molecule has 0 saturated heterocycles. The Morgan fingerprint density at radius 1 is 1.39 bits per heavy atom. The molecule has 1 N–H and O–H groups in total. The van der Waals surface area contributed by atoms with Crippen LogP contribution >= 0.6 is 15.9 Å². The van der Waals surface area contributed by atoms with Crippen molar-refractivity contribution in [1.29, 1.82) is 0 Å². The Morgan fingerprint density at radius 3 is 2.39 bits per heavy atom. The molecule has 0 amide bonds. The van der Waals surface area contributed by atoms with Crippen LogP contribution in [-0.4, -0.2) is 11.1 Å². The number of aliphatic carboxylic acids is 1. The fraction of sp³-hybridized carbons (Fsp3) is 0.462. The van der Waals surface area contributed by atoms with Crippen molar-refractivity contribution in [3.8, 4) is 0 Å². The zero-order chi connectivity index (χ0) is 14.1. The largest absolute Gasteiger partial charge is 0.481 e. The van der Waals surface area contributed by atoms with Gasteiger partial charge in [0.15, 0.2) is 0 Å². The molecule has 0 fully saturated rings. The highest BCUT2D eigenvalue weighted by Gasteiger charge is 2.33. The molecule has 1 aromatic carbocycles. The van der Waals surface area contributed by atoms with Gasteiger partial charge in [-0.05, 0) is 39.9 Å². The lowest BCUT2D eigenvalue weighted by Gasteiger charge is -2.27. The molecule has 0 aromatic heterocycles. The van der Waals surface area contributed by atoms with E-state index in [1.807, 2.05) is 0 Å². The van der Waals surface area contributed by atoms with Crippen LogP contribution in [0.15, 0.2) is 16.6 Å². The summed E-state index contributed by atoms with van der Waals surface area (Å²) in [7, 11) is 0. The van der Waals surface area contributed by atoms with Gasteiger partial charge in [-0.15, -0.1) is 0 Å². The first-order valence-corrected chi connectivity index (χ1v) is 6.29. The Hall–Kier alpha value is -0.970. The third-order valence-electron chi connectivity index (χ3n) is 2.89. The van der Waals surface area contributed by atoms with Crippen LogP contribution in [0, 0.1) is 23.0 Å². The van der Waals surface area contributed by atoms with Crippen molar-refractivity contribution in [2.24, 2.45) is 11.3 Å². The normalized spacial score (nSPS) is 13.4. The van der Waals surface area contributed by atoms with Gasteiger partial charge < -0.3 is 5.11 Å². The van der Waals surface area contributed by atoms with Crippen LogP contribution in [0.3, 0.4) is 0 Å². The molecule has 0 bridgehead atoms. The summed E-state index contributed by atoms with van der Waals surface area (Å²) in [5.74, 6) is -3.35. The summed E-state index contributed by atoms with van der Waals surface area (Å²) < 4.78 is 27.5. The molecule has 0 spiro atoms. The first kappa shape index (κ1) is 15.1. The Balaban J connectivity index is 3.17. The van der Waals surface area contributed by atoms with Gasteiger partial charge in [0.1, 0.15) is 11.6 Å². The second kappa shape index (κ2) is 5.34. The zero-order valence-electron chi connectivity index (χ0n) is 10.4. The highest BCUT2D eigenvalue weighted by Crippen LogP contribution is 2.32. The van der Waals surface area contributed by atoms with E-state index in [9.17, 15) is 13.6 Å². The second-order valence-electron chi connectivity index (χ2n) is 5.28. The maximum Gasteiger partial charge on any atom is 0.307 e. The third-order valence-corrected chi connectivity index (χ3v) is 3.50. The molecule has 100 valence electrons. The smallest absolute Gasteiger partial charge is 0.307 e. The summed E-state index contributed by atoms with van der Waals surface area (Å²) in [6.07, 6.45) is -0.171. The SMILES string of the molecule is CC(C)(C)C(Cc1c(F)ccc(Br)c1F)C(=O)O. The van der Waals surface area contributed by atoms with Crippen molar-refractivity contribution in [2.45, 2.75) is 27.2 Å². The first-order chi connectivity index (χ1) is 8.14. The van der Waals surface area contributed by atoms with Crippen molar-refractivity contribution < 1.29 is 18.7 Å². The number of benzene rings is 1. The van der Waals surface area contributed by atoms with Gasteiger partial charge in [0, 0.05) is 5.56 Å². The van der Waals surface area contributed by atoms with Crippen LogP contribution in [0.4, 0.5) is 8.78 Å². The van der Waals surface area contributed by atoms with Gasteiger partial charge in [-0.2, -0.15) is 0 Å². The highest BCUT2D eigenvalue weighted by atomic mass is 79.9. The van der Waals surface area contributed by atoms with Crippen molar-refractivity contribution in [1.82, 2.24) is 0 Å². The molecule has 1 rings (SSSR count). The molecule has 0 radical (unpaired) electrons. The Kier molecular flexibility index (Phi) is 4.48. The number of carbonyl (C=O) groups is 1. The van der Waals surface area contributed by atoms with E-state index < -0.39 is 28.9 Å². The minimum atomic E-state index is -1.05. The van der Waals surface area contributed by atoms with Crippen molar-refractivity contribution in [2.75, 3.05) is 0 Å². The number of carboxylic acid groups (broad SMARTS) is 1. The number of carboxylic acids is 1. The van der Waals surface area contributed by atoms with E-state index in [1.165, 1.54) is 6.07 Å². The predicted molar refractivity (Wildman–Crippen MR) is 68.3 cm³/mol. The minimum absolute atomic E-state index is 0.136. The fourth-order valence-electron chi connectivity index (χ4n) is 1.72. The lowest BCUT2D eigenvalue weighted by Crippen LogP contribution is -2.31. The molecule has 2 nitrogen and oxygen atoms in total. The van der Waals surface area contributed by atoms with Gasteiger partial charge in [-0.1, -0.05) is 20.8 Å². The maximum atomic E-state index is 13.8. The van der Waals surface area contributed by atoms with E-state index in [0.717, 1.165) is 6.07 Å². The second-order valence-corrected chi connectivity index (χ2v) is 6.14. The quantitative estimate of drug-likeness (QED) is 0.854. The maximum absolute atomic E-state index is 13.8. The van der Waals surface area contributed by atoms with Crippen LogP contribution in [0.25, 0.3) is 0 Å². The molecular formula is C13H15BrF2O2. The average molecular weight is 321 g/mol. The van der Waals surface area contributed by atoms with Gasteiger partial charge in [0.2, 0.25) is 0 Å². The van der Waals surface area contributed by atoms with Crippen LogP contribution in [0.2, 0.25) is 0 Å². The Labute approximate surface area is 113 Å². The summed E-state index contributed by atoms with van der Waals surface area (Å²) in [5, 5.41) is 9.16. The third kappa shape index (κ3) is 3.28. The van der Waals surface area contributed by atoms with Crippen LogP contribution < -0.4 is 0 Å². The van der Waals surface area contributed by atoms with Crippen LogP contribution in [-0.2, 0) is 11.2 Å². The molecule has 0 saturated carbocycles. The molecule has 0 aliphatic rings. The molecule has 1 aromatic rings. The van der Waals surface area contributed by atoms with Crippen molar-refractivity contribution in [3.63, 3.8) is 0 Å². The number of rotatable bonds is 3. The summed E-state index contributed by atoms with van der Waals surface area (Å²) in [6.45, 7) is 5.21. The molecule has 0 aliphatic carbocycles. The molecule has 5 heteroatoms. The Morgan fingerprint density at radius 2 is 1.94 bits per heavy atom. The van der Waals surface area contributed by atoms with E-state index in [-0.39, 0.29) is 16.5 Å². The zero-order valence-corrected chi connectivity index (χ0v) is 12.0. The lowest BCUT2D eigenvalue weighted by molar-refractivity contribution is -0.145. The van der Waals surface area contributed by atoms with Gasteiger partial charge in [0.25, 0.3) is 0 Å². The highest BCUT2D eigenvalue weighted by molar-refractivity contribution is 9.10. The van der Waals surface area contributed by atoms with Crippen molar-refractivity contribution >= 4 is 21.9 Å². The molecule has 1 unspecified atom stereocenters. The van der Waals surface area contributed by atoms with Crippen molar-refractivity contribution in [3.05, 3.63) is 33.8 Å². The molecule has 1 atom stereocenters. The monoisotopic (exact) mass is 320 g/mol. The van der Waals surface area contributed by atoms with E-state index in [2.05, 4.69) is 15.9 Å². The summed E-state index contributed by atoms with van der Waals surface area (Å²) in [4.78, 5) is 11.2. The topological polar surface area (TPSA) is 37.3 Å². The molecule has 0 aliphatic heterocycles. The van der Waals surface area contributed by atoms with Crippen LogP contribution in [0.5, 0.6) is 0 Å². The van der Waals surface area contributed by atoms with E-state index >= 15 is 0 Å². The number of hydrogen-bond donors (Lipinski definition) is 1. The predicted octanol–water partition coefficient (Wildman–Crippen LogP) is 4.02. The van der Waals surface area contributed by atoms with E-state index in [1.54, 1.807) is 20.8 Å². The Bertz CT molecular complexity index is 467. The molecule has 18 heavy (non-hydrogen) atoms. The first-order valence-electron chi connectivity index (χ1n) is 5.49. The van der Waals surface area contributed by atoms with Gasteiger partial charge in [0.05, 0.1) is 10.4 Å². The number of hydrogen-bond acceptors (Lipinski definition) is 1. The van der Waals surface area contributed by atoms with Crippen LogP contribution in [0.1, 0.15) is 26.3 Å². The standard InChI is InChI=1S/C13H15BrF2O2/c1-13(2,3)8(12(17)18)6-7-10(15)5-4-9(14)11(7)16/h4-5,8H,6H2,1-3H3,(H,17,18). The molecule has 0 heterocycles. The van der Waals surface area contributed by atoms with Gasteiger partial charge >= 0.3 is 5.97 Å².